The van der Waals surface area contributed by atoms with Gasteiger partial charge in [0, 0.05) is 19.3 Å². The number of ether oxygens (including phenoxy) is 1. The second-order valence-electron chi connectivity index (χ2n) is 4.02. The zero-order valence-electron chi connectivity index (χ0n) is 9.44. The van der Waals surface area contributed by atoms with Crippen LogP contribution < -0.4 is 0 Å². The van der Waals surface area contributed by atoms with Crippen LogP contribution in [0.25, 0.3) is 0 Å². The van der Waals surface area contributed by atoms with E-state index in [9.17, 15) is 4.79 Å². The zero-order chi connectivity index (χ0) is 12.1. The number of carboxylic acid groups (broad SMARTS) is 1. The molecule has 0 saturated carbocycles. The first-order valence-corrected chi connectivity index (χ1v) is 5.96. The lowest BCUT2D eigenvalue weighted by Crippen LogP contribution is -2.09. The fourth-order valence-electron chi connectivity index (χ4n) is 1.25. The number of nitrogens with zero attached hydrogens (tertiary/aromatic N) is 1. The molecule has 0 aromatic carbocycles. The molecule has 0 amide bonds. The van der Waals surface area contributed by atoms with E-state index in [1.165, 1.54) is 0 Å². The largest absolute Gasteiger partial charge is 0.478 e. The summed E-state index contributed by atoms with van der Waals surface area (Å²) in [4.78, 5) is 10.7. The van der Waals surface area contributed by atoms with E-state index in [2.05, 4.69) is 29.8 Å². The number of hydrogen-bond acceptors (Lipinski definition) is 2. The van der Waals surface area contributed by atoms with Crippen molar-refractivity contribution in [1.29, 1.82) is 0 Å². The molecule has 1 aromatic heterocycles. The van der Waals surface area contributed by atoms with E-state index < -0.39 is 5.97 Å². The zero-order valence-corrected chi connectivity index (χ0v) is 11.0. The quantitative estimate of drug-likeness (QED) is 0.819. The van der Waals surface area contributed by atoms with Gasteiger partial charge in [0.1, 0.15) is 0 Å². The molecule has 0 unspecified atom stereocenters. The Balaban J connectivity index is 2.45. The molecule has 0 aliphatic rings. The third-order valence-corrected chi connectivity index (χ3v) is 2.70. The molecule has 4 nitrogen and oxygen atoms in total. The van der Waals surface area contributed by atoms with Crippen molar-refractivity contribution in [3.8, 4) is 0 Å². The average molecular weight is 290 g/mol. The first-order chi connectivity index (χ1) is 7.50. The van der Waals surface area contributed by atoms with Gasteiger partial charge < -0.3 is 14.4 Å². The second-order valence-corrected chi connectivity index (χ2v) is 4.83. The van der Waals surface area contributed by atoms with Crippen LogP contribution >= 0.6 is 15.9 Å². The molecule has 1 heterocycles. The second kappa shape index (κ2) is 6.06. The van der Waals surface area contributed by atoms with Crippen molar-refractivity contribution in [3.63, 3.8) is 0 Å². The number of aromatic carboxylic acids is 1. The van der Waals surface area contributed by atoms with Crippen LogP contribution in [0.2, 0.25) is 0 Å². The number of rotatable bonds is 6. The summed E-state index contributed by atoms with van der Waals surface area (Å²) in [6, 6.07) is 1.59. The van der Waals surface area contributed by atoms with Crippen LogP contribution in [0.15, 0.2) is 16.9 Å². The van der Waals surface area contributed by atoms with Crippen molar-refractivity contribution in [3.05, 3.63) is 22.4 Å². The maximum atomic E-state index is 10.7. The fourth-order valence-corrected chi connectivity index (χ4v) is 1.77. The molecule has 0 bridgehead atoms. The summed E-state index contributed by atoms with van der Waals surface area (Å²) in [7, 11) is 0. The van der Waals surface area contributed by atoms with Crippen molar-refractivity contribution in [2.75, 3.05) is 13.2 Å². The Morgan fingerprint density at radius 2 is 2.31 bits per heavy atom. The van der Waals surface area contributed by atoms with Gasteiger partial charge in [-0.05, 0) is 27.9 Å². The van der Waals surface area contributed by atoms with Crippen molar-refractivity contribution in [2.24, 2.45) is 5.92 Å². The average Bonchev–Trinajstić information content (AvgIpc) is 2.55. The van der Waals surface area contributed by atoms with E-state index >= 15 is 0 Å². The third-order valence-electron chi connectivity index (χ3n) is 2.02. The number of hydrogen-bond donors (Lipinski definition) is 1. The van der Waals surface area contributed by atoms with Crippen LogP contribution in [-0.2, 0) is 11.3 Å². The lowest BCUT2D eigenvalue weighted by Gasteiger charge is -2.08. The highest BCUT2D eigenvalue weighted by atomic mass is 79.9. The van der Waals surface area contributed by atoms with Crippen LogP contribution in [0.3, 0.4) is 0 Å². The number of aromatic nitrogens is 1. The van der Waals surface area contributed by atoms with Crippen molar-refractivity contribution >= 4 is 21.9 Å². The molecule has 5 heteroatoms. The lowest BCUT2D eigenvalue weighted by atomic mass is 10.2. The molecule has 0 aliphatic carbocycles. The Labute approximate surface area is 103 Å². The fraction of sp³-hybridized carbons (Fsp3) is 0.545. The standard InChI is InChI=1S/C11H16BrNO3/c1-8(2)7-16-4-3-13-6-9(11(14)15)5-10(13)12/h5-6,8H,3-4,7H2,1-2H3,(H,14,15). The van der Waals surface area contributed by atoms with Gasteiger partial charge in [-0.25, -0.2) is 4.79 Å². The van der Waals surface area contributed by atoms with Gasteiger partial charge in [0.2, 0.25) is 0 Å². The molecule has 1 rings (SSSR count). The number of halogens is 1. The summed E-state index contributed by atoms with van der Waals surface area (Å²) in [5.41, 5.74) is 0.288. The van der Waals surface area contributed by atoms with E-state index in [0.717, 1.165) is 11.2 Å². The summed E-state index contributed by atoms with van der Waals surface area (Å²) in [6.07, 6.45) is 1.60. The number of carboxylic acids is 1. The van der Waals surface area contributed by atoms with E-state index in [4.69, 9.17) is 9.84 Å². The van der Waals surface area contributed by atoms with E-state index in [1.54, 1.807) is 12.3 Å². The molecular formula is C11H16BrNO3. The molecule has 1 aromatic rings. The molecule has 16 heavy (non-hydrogen) atoms. The van der Waals surface area contributed by atoms with Crippen molar-refractivity contribution in [1.82, 2.24) is 4.57 Å². The third kappa shape index (κ3) is 3.98. The molecule has 0 fully saturated rings. The summed E-state index contributed by atoms with van der Waals surface area (Å²) < 4.78 is 8.02. The number of carbonyl (C=O) groups is 1. The Hall–Kier alpha value is -0.810. The molecule has 0 saturated heterocycles. The topological polar surface area (TPSA) is 51.5 Å². The summed E-state index contributed by atoms with van der Waals surface area (Å²) in [6.45, 7) is 6.15. The van der Waals surface area contributed by atoms with Crippen LogP contribution in [0.5, 0.6) is 0 Å². The van der Waals surface area contributed by atoms with E-state index in [1.807, 2.05) is 4.57 Å². The van der Waals surface area contributed by atoms with E-state index in [-0.39, 0.29) is 5.56 Å². The molecule has 0 spiro atoms. The first kappa shape index (κ1) is 13.3. The highest BCUT2D eigenvalue weighted by molar-refractivity contribution is 9.10. The minimum Gasteiger partial charge on any atom is -0.478 e. The van der Waals surface area contributed by atoms with Gasteiger partial charge in [-0.15, -0.1) is 0 Å². The van der Waals surface area contributed by atoms with Crippen LogP contribution in [0.4, 0.5) is 0 Å². The Kier molecular flexibility index (Phi) is 5.02. The molecular weight excluding hydrogens is 274 g/mol. The normalized spacial score (nSPS) is 11.0. The summed E-state index contributed by atoms with van der Waals surface area (Å²) in [5.74, 6) is -0.398. The smallest absolute Gasteiger partial charge is 0.337 e. The summed E-state index contributed by atoms with van der Waals surface area (Å²) >= 11 is 3.31. The summed E-state index contributed by atoms with van der Waals surface area (Å²) in [5, 5.41) is 8.80. The highest BCUT2D eigenvalue weighted by Crippen LogP contribution is 2.15. The molecule has 0 aliphatic heterocycles. The first-order valence-electron chi connectivity index (χ1n) is 5.17. The van der Waals surface area contributed by atoms with Gasteiger partial charge in [-0.3, -0.25) is 0 Å². The molecule has 0 radical (unpaired) electrons. The van der Waals surface area contributed by atoms with Crippen LogP contribution in [0.1, 0.15) is 24.2 Å². The maximum Gasteiger partial charge on any atom is 0.337 e. The highest BCUT2D eigenvalue weighted by Gasteiger charge is 2.08. The molecule has 0 atom stereocenters. The van der Waals surface area contributed by atoms with Gasteiger partial charge in [-0.1, -0.05) is 13.8 Å². The molecule has 1 N–H and O–H groups in total. The van der Waals surface area contributed by atoms with Crippen molar-refractivity contribution in [2.45, 2.75) is 20.4 Å². The van der Waals surface area contributed by atoms with Gasteiger partial charge in [0.05, 0.1) is 16.8 Å². The maximum absolute atomic E-state index is 10.7. The lowest BCUT2D eigenvalue weighted by molar-refractivity contribution is 0.0696. The van der Waals surface area contributed by atoms with Crippen molar-refractivity contribution < 1.29 is 14.6 Å². The van der Waals surface area contributed by atoms with Crippen LogP contribution in [-0.4, -0.2) is 28.9 Å². The van der Waals surface area contributed by atoms with Crippen LogP contribution in [0, 0.1) is 5.92 Å². The van der Waals surface area contributed by atoms with Gasteiger partial charge >= 0.3 is 5.97 Å². The SMILES string of the molecule is CC(C)COCCn1cc(C(=O)O)cc1Br. The Morgan fingerprint density at radius 3 is 2.81 bits per heavy atom. The minimum atomic E-state index is -0.914. The predicted octanol–water partition coefficient (Wildman–Crippen LogP) is 2.62. The molecule has 90 valence electrons. The minimum absolute atomic E-state index is 0.288. The van der Waals surface area contributed by atoms with Gasteiger partial charge in [0.25, 0.3) is 0 Å². The monoisotopic (exact) mass is 289 g/mol. The Morgan fingerprint density at radius 1 is 1.62 bits per heavy atom. The van der Waals surface area contributed by atoms with Gasteiger partial charge in [0.15, 0.2) is 0 Å². The van der Waals surface area contributed by atoms with Gasteiger partial charge in [-0.2, -0.15) is 0 Å². The Bertz CT molecular complexity index is 360. The van der Waals surface area contributed by atoms with E-state index in [0.29, 0.717) is 19.1 Å². The predicted molar refractivity (Wildman–Crippen MR) is 64.7 cm³/mol.